The van der Waals surface area contributed by atoms with Gasteiger partial charge in [0.2, 0.25) is 0 Å². The normalized spacial score (nSPS) is 28.9. The lowest BCUT2D eigenvalue weighted by Gasteiger charge is -2.11. The summed E-state index contributed by atoms with van der Waals surface area (Å²) < 4.78 is 25.8. The van der Waals surface area contributed by atoms with Gasteiger partial charge < -0.3 is 5.73 Å². The second kappa shape index (κ2) is 2.74. The zero-order valence-electron chi connectivity index (χ0n) is 6.77. The highest BCUT2D eigenvalue weighted by Gasteiger charge is 2.70. The van der Waals surface area contributed by atoms with Crippen molar-refractivity contribution < 1.29 is 8.78 Å². The van der Waals surface area contributed by atoms with E-state index in [2.05, 4.69) is 10.2 Å². The number of aromatic nitrogens is 2. The molecule has 76 valence electrons. The number of rotatable bonds is 1. The summed E-state index contributed by atoms with van der Waals surface area (Å²) in [4.78, 5) is 0. The summed E-state index contributed by atoms with van der Waals surface area (Å²) in [6.07, 6.45) is -0.443. The Hall–Kier alpha value is -0.520. The van der Waals surface area contributed by atoms with Crippen molar-refractivity contribution in [2.24, 2.45) is 5.73 Å². The lowest BCUT2D eigenvalue weighted by Crippen LogP contribution is -2.28. The summed E-state index contributed by atoms with van der Waals surface area (Å²) >= 11 is 11.1. The molecule has 1 saturated carbocycles. The molecule has 0 aromatic carbocycles. The molecular formula is C7H5Cl2F2N3. The van der Waals surface area contributed by atoms with Crippen LogP contribution in [0.5, 0.6) is 0 Å². The fourth-order valence-electron chi connectivity index (χ4n) is 1.26. The van der Waals surface area contributed by atoms with E-state index in [1.54, 1.807) is 0 Å². The van der Waals surface area contributed by atoms with Gasteiger partial charge in [0.05, 0.1) is 0 Å². The van der Waals surface area contributed by atoms with Crippen LogP contribution in [0.1, 0.15) is 12.0 Å². The topological polar surface area (TPSA) is 51.8 Å². The smallest absolute Gasteiger partial charge is 0.272 e. The molecule has 2 rings (SSSR count). The van der Waals surface area contributed by atoms with Crippen LogP contribution in [0, 0.1) is 0 Å². The van der Waals surface area contributed by atoms with Gasteiger partial charge in [0.25, 0.3) is 5.92 Å². The van der Waals surface area contributed by atoms with E-state index in [-0.39, 0.29) is 15.9 Å². The minimum Gasteiger partial charge on any atom is -0.316 e. The molecule has 1 heterocycles. The minimum atomic E-state index is -2.94. The van der Waals surface area contributed by atoms with Crippen LogP contribution in [0.4, 0.5) is 8.78 Å². The van der Waals surface area contributed by atoms with E-state index in [4.69, 9.17) is 28.9 Å². The fraction of sp³-hybridized carbons (Fsp3) is 0.429. The van der Waals surface area contributed by atoms with Crippen molar-refractivity contribution in [1.82, 2.24) is 10.2 Å². The van der Waals surface area contributed by atoms with Gasteiger partial charge >= 0.3 is 0 Å². The van der Waals surface area contributed by atoms with Crippen molar-refractivity contribution in [3.05, 3.63) is 21.9 Å². The minimum absolute atomic E-state index is 0.00285. The van der Waals surface area contributed by atoms with Gasteiger partial charge in [-0.15, -0.1) is 10.2 Å². The Morgan fingerprint density at radius 1 is 1.36 bits per heavy atom. The van der Waals surface area contributed by atoms with Crippen LogP contribution in [-0.4, -0.2) is 16.1 Å². The van der Waals surface area contributed by atoms with Crippen LogP contribution in [0.25, 0.3) is 0 Å². The summed E-state index contributed by atoms with van der Waals surface area (Å²) in [6.45, 7) is 0. The molecule has 0 radical (unpaired) electrons. The number of nitrogens with zero attached hydrogens (tertiary/aromatic N) is 2. The first-order chi connectivity index (χ1) is 6.37. The third-order valence-corrected chi connectivity index (χ3v) is 2.69. The summed E-state index contributed by atoms with van der Waals surface area (Å²) in [6, 6.07) is 1.22. The predicted octanol–water partition coefficient (Wildman–Crippen LogP) is 1.98. The van der Waals surface area contributed by atoms with E-state index in [9.17, 15) is 8.78 Å². The third-order valence-electron chi connectivity index (χ3n) is 2.23. The van der Waals surface area contributed by atoms with Crippen LogP contribution < -0.4 is 5.73 Å². The molecular weight excluding hydrogens is 235 g/mol. The Bertz CT molecular complexity index is 399. The molecule has 3 nitrogen and oxygen atoms in total. The maximum atomic E-state index is 12.9. The highest BCUT2D eigenvalue weighted by Crippen LogP contribution is 2.58. The number of halogens is 4. The van der Waals surface area contributed by atoms with E-state index >= 15 is 0 Å². The van der Waals surface area contributed by atoms with Gasteiger partial charge in [0, 0.05) is 12.0 Å². The molecule has 1 aliphatic carbocycles. The van der Waals surface area contributed by atoms with E-state index in [1.807, 2.05) is 0 Å². The van der Waals surface area contributed by atoms with Gasteiger partial charge in [-0.2, -0.15) is 0 Å². The molecule has 14 heavy (non-hydrogen) atoms. The molecule has 0 saturated heterocycles. The number of hydrogen-bond donors (Lipinski definition) is 1. The third kappa shape index (κ3) is 1.27. The largest absolute Gasteiger partial charge is 0.316 e. The van der Waals surface area contributed by atoms with Crippen molar-refractivity contribution in [1.29, 1.82) is 0 Å². The number of nitrogens with two attached hydrogens (primary N) is 1. The predicted molar refractivity (Wildman–Crippen MR) is 47.5 cm³/mol. The van der Waals surface area contributed by atoms with Gasteiger partial charge in [0.1, 0.15) is 5.54 Å². The summed E-state index contributed by atoms with van der Waals surface area (Å²) in [7, 11) is 0. The number of hydrogen-bond acceptors (Lipinski definition) is 3. The van der Waals surface area contributed by atoms with E-state index in [0.717, 1.165) is 0 Å². The van der Waals surface area contributed by atoms with Gasteiger partial charge in [0.15, 0.2) is 10.3 Å². The van der Waals surface area contributed by atoms with Gasteiger partial charge in [-0.1, -0.05) is 23.2 Å². The Balaban J connectivity index is 2.48. The summed E-state index contributed by atoms with van der Waals surface area (Å²) in [5.41, 5.74) is 3.77. The van der Waals surface area contributed by atoms with E-state index in [0.29, 0.717) is 0 Å². The first kappa shape index (κ1) is 10.0. The Kier molecular flexibility index (Phi) is 1.96. The first-order valence-corrected chi connectivity index (χ1v) is 4.48. The van der Waals surface area contributed by atoms with Crippen molar-refractivity contribution in [3.8, 4) is 0 Å². The Morgan fingerprint density at radius 2 is 1.93 bits per heavy atom. The monoisotopic (exact) mass is 239 g/mol. The van der Waals surface area contributed by atoms with Gasteiger partial charge in [-0.25, -0.2) is 8.78 Å². The first-order valence-electron chi connectivity index (χ1n) is 3.73. The Labute approximate surface area is 88.2 Å². The molecule has 0 aliphatic heterocycles. The molecule has 1 aromatic heterocycles. The van der Waals surface area contributed by atoms with E-state index in [1.165, 1.54) is 6.07 Å². The quantitative estimate of drug-likeness (QED) is 0.816. The molecule has 1 aliphatic rings. The maximum Gasteiger partial charge on any atom is 0.272 e. The zero-order valence-corrected chi connectivity index (χ0v) is 8.28. The van der Waals surface area contributed by atoms with Gasteiger partial charge in [-0.3, -0.25) is 0 Å². The van der Waals surface area contributed by atoms with Crippen molar-refractivity contribution in [2.75, 3.05) is 0 Å². The summed E-state index contributed by atoms with van der Waals surface area (Å²) in [5, 5.41) is 6.70. The standard InChI is InChI=1S/C7H5Cl2F2N3/c8-4-1-3(5(9)14-13-4)6(12)2-7(6,10)11/h1H,2,12H2. The van der Waals surface area contributed by atoms with E-state index < -0.39 is 17.9 Å². The molecule has 1 atom stereocenters. The lowest BCUT2D eigenvalue weighted by atomic mass is 10.1. The molecule has 7 heteroatoms. The second-order valence-corrected chi connectivity index (χ2v) is 3.97. The lowest BCUT2D eigenvalue weighted by molar-refractivity contribution is 0.0890. The highest BCUT2D eigenvalue weighted by molar-refractivity contribution is 6.31. The molecule has 1 unspecified atom stereocenters. The average molecular weight is 240 g/mol. The average Bonchev–Trinajstić information content (AvgIpc) is 2.58. The highest BCUT2D eigenvalue weighted by atomic mass is 35.5. The number of alkyl halides is 2. The van der Waals surface area contributed by atoms with Crippen LogP contribution in [0.15, 0.2) is 6.07 Å². The molecule has 0 spiro atoms. The van der Waals surface area contributed by atoms with Crippen molar-refractivity contribution in [2.45, 2.75) is 17.9 Å². The fourth-order valence-corrected chi connectivity index (χ4v) is 1.67. The van der Waals surface area contributed by atoms with Crippen LogP contribution in [-0.2, 0) is 5.54 Å². The van der Waals surface area contributed by atoms with Crippen molar-refractivity contribution in [3.63, 3.8) is 0 Å². The Morgan fingerprint density at radius 3 is 2.43 bits per heavy atom. The van der Waals surface area contributed by atoms with Crippen LogP contribution >= 0.6 is 23.2 Å². The molecule has 1 fully saturated rings. The molecule has 0 bridgehead atoms. The van der Waals surface area contributed by atoms with Crippen LogP contribution in [0.3, 0.4) is 0 Å². The SMILES string of the molecule is NC1(c2cc(Cl)nnc2Cl)CC1(F)F. The van der Waals surface area contributed by atoms with Crippen LogP contribution in [0.2, 0.25) is 10.3 Å². The van der Waals surface area contributed by atoms with Crippen molar-refractivity contribution >= 4 is 23.2 Å². The van der Waals surface area contributed by atoms with Gasteiger partial charge in [-0.05, 0) is 6.07 Å². The molecule has 1 aromatic rings. The molecule has 2 N–H and O–H groups in total. The second-order valence-electron chi connectivity index (χ2n) is 3.22. The molecule has 0 amide bonds. The zero-order chi connectivity index (χ0) is 10.6. The summed E-state index contributed by atoms with van der Waals surface area (Å²) in [5.74, 6) is -2.94. The maximum absolute atomic E-state index is 12.9.